The number of benzene rings is 3. The van der Waals surface area contributed by atoms with Crippen LogP contribution in [0.5, 0.6) is 11.5 Å². The van der Waals surface area contributed by atoms with Crippen LogP contribution in [0.25, 0.3) is 5.69 Å². The number of nitrogens with zero attached hydrogens (tertiary/aromatic N) is 3. The van der Waals surface area contributed by atoms with Gasteiger partial charge < -0.3 is 14.6 Å². The number of sulfonamides is 1. The van der Waals surface area contributed by atoms with Crippen molar-refractivity contribution in [1.82, 2.24) is 14.9 Å². The molecule has 1 amide bonds. The van der Waals surface area contributed by atoms with Gasteiger partial charge >= 0.3 is 0 Å². The summed E-state index contributed by atoms with van der Waals surface area (Å²) in [5.41, 5.74) is 2.15. The zero-order valence-corrected chi connectivity index (χ0v) is 21.1. The molecule has 0 saturated heterocycles. The van der Waals surface area contributed by atoms with Gasteiger partial charge in [-0.1, -0.05) is 36.4 Å². The van der Waals surface area contributed by atoms with Crippen LogP contribution in [0.1, 0.15) is 18.3 Å². The number of amides is 1. The van der Waals surface area contributed by atoms with Crippen LogP contribution >= 0.6 is 0 Å². The van der Waals surface area contributed by atoms with Crippen LogP contribution in [0.15, 0.2) is 91.3 Å². The minimum Gasteiger partial charge on any atom is -0.457 e. The number of rotatable bonds is 9. The third kappa shape index (κ3) is 5.75. The van der Waals surface area contributed by atoms with E-state index in [1.165, 1.54) is 0 Å². The monoisotopic (exact) mass is 504 g/mol. The average molecular weight is 505 g/mol. The smallest absolute Gasteiger partial charge is 0.243 e. The maximum atomic E-state index is 13.1. The highest BCUT2D eigenvalue weighted by molar-refractivity contribution is 7.92. The maximum absolute atomic E-state index is 13.1. The fraction of sp³-hybridized carbons (Fsp3) is 0.185. The molecule has 0 spiro atoms. The van der Waals surface area contributed by atoms with E-state index in [1.807, 2.05) is 72.3 Å². The Balaban J connectivity index is 1.50. The van der Waals surface area contributed by atoms with Gasteiger partial charge in [-0.05, 0) is 61.9 Å². The number of aryl methyl sites for hydroxylation is 1. The number of imidazole rings is 1. The van der Waals surface area contributed by atoms with Gasteiger partial charge in [-0.25, -0.2) is 13.4 Å². The van der Waals surface area contributed by atoms with Crippen molar-refractivity contribution >= 4 is 21.6 Å². The maximum Gasteiger partial charge on any atom is 0.243 e. The van der Waals surface area contributed by atoms with Crippen LogP contribution in [0.2, 0.25) is 0 Å². The molecule has 0 aliphatic heterocycles. The lowest BCUT2D eigenvalue weighted by Crippen LogP contribution is -2.47. The SMILES string of the molecule is Cc1nccn1-c1ccccc1CNC(=O)[C@@H](C)N(c1ccc(Oc2ccccc2)cc1)S(C)(=O)=O. The minimum atomic E-state index is -3.75. The number of para-hydroxylation sites is 2. The van der Waals surface area contributed by atoms with Crippen LogP contribution in [0, 0.1) is 6.92 Å². The zero-order chi connectivity index (χ0) is 25.7. The normalized spacial score (nSPS) is 12.1. The van der Waals surface area contributed by atoms with Crippen molar-refractivity contribution in [3.05, 3.63) is 103 Å². The lowest BCUT2D eigenvalue weighted by molar-refractivity contribution is -0.122. The quantitative estimate of drug-likeness (QED) is 0.364. The molecule has 186 valence electrons. The van der Waals surface area contributed by atoms with E-state index < -0.39 is 22.0 Å². The Morgan fingerprint density at radius 2 is 1.64 bits per heavy atom. The van der Waals surface area contributed by atoms with Crippen LogP contribution < -0.4 is 14.4 Å². The summed E-state index contributed by atoms with van der Waals surface area (Å²) >= 11 is 0. The van der Waals surface area contributed by atoms with E-state index in [4.69, 9.17) is 4.74 Å². The van der Waals surface area contributed by atoms with Crippen molar-refractivity contribution in [1.29, 1.82) is 0 Å². The summed E-state index contributed by atoms with van der Waals surface area (Å²) in [5.74, 6) is 1.64. The molecule has 4 rings (SSSR count). The molecular formula is C27H28N4O4S. The van der Waals surface area contributed by atoms with E-state index >= 15 is 0 Å². The fourth-order valence-corrected chi connectivity index (χ4v) is 5.13. The molecule has 1 heterocycles. The molecule has 0 saturated carbocycles. The standard InChI is InChI=1S/C27H28N4O4S/c1-20(27(32)29-19-22-9-7-8-12-26(22)30-18-17-28-21(30)2)31(36(3,33)34)23-13-15-25(16-14-23)35-24-10-5-4-6-11-24/h4-18,20H,19H2,1-3H3,(H,29,32)/t20-/m1/s1. The molecule has 1 aromatic heterocycles. The zero-order valence-electron chi connectivity index (χ0n) is 20.3. The first-order valence-corrected chi connectivity index (χ1v) is 13.3. The van der Waals surface area contributed by atoms with Crippen LogP contribution in [0.3, 0.4) is 0 Å². The Kier molecular flexibility index (Phi) is 7.40. The Morgan fingerprint density at radius 3 is 2.28 bits per heavy atom. The third-order valence-electron chi connectivity index (χ3n) is 5.69. The summed E-state index contributed by atoms with van der Waals surface area (Å²) in [6.07, 6.45) is 4.66. The molecule has 36 heavy (non-hydrogen) atoms. The number of aromatic nitrogens is 2. The largest absolute Gasteiger partial charge is 0.457 e. The first kappa shape index (κ1) is 25.0. The Hall–Kier alpha value is -4.11. The molecule has 0 unspecified atom stereocenters. The van der Waals surface area contributed by atoms with Gasteiger partial charge in [-0.2, -0.15) is 0 Å². The summed E-state index contributed by atoms with van der Waals surface area (Å²) in [7, 11) is -3.75. The first-order valence-electron chi connectivity index (χ1n) is 11.4. The Labute approximate surface area is 211 Å². The van der Waals surface area contributed by atoms with E-state index in [0.717, 1.165) is 27.6 Å². The third-order valence-corrected chi connectivity index (χ3v) is 6.93. The van der Waals surface area contributed by atoms with Gasteiger partial charge in [-0.15, -0.1) is 0 Å². The van der Waals surface area contributed by atoms with Gasteiger partial charge in [0.2, 0.25) is 15.9 Å². The lowest BCUT2D eigenvalue weighted by Gasteiger charge is -2.28. The topological polar surface area (TPSA) is 93.5 Å². The van der Waals surface area contributed by atoms with Crippen molar-refractivity contribution < 1.29 is 17.9 Å². The van der Waals surface area contributed by atoms with Crippen LogP contribution in [0.4, 0.5) is 5.69 Å². The number of nitrogens with one attached hydrogen (secondary N) is 1. The molecule has 9 heteroatoms. The van der Waals surface area contributed by atoms with Gasteiger partial charge in [0.15, 0.2) is 0 Å². The van der Waals surface area contributed by atoms with Crippen molar-refractivity contribution in [2.24, 2.45) is 0 Å². The minimum absolute atomic E-state index is 0.235. The number of anilines is 1. The van der Waals surface area contributed by atoms with E-state index in [2.05, 4.69) is 10.3 Å². The summed E-state index contributed by atoms with van der Waals surface area (Å²) in [5, 5.41) is 2.88. The second-order valence-corrected chi connectivity index (χ2v) is 10.2. The number of carbonyl (C=O) groups excluding carboxylic acids is 1. The number of ether oxygens (including phenoxy) is 1. The molecule has 3 aromatic carbocycles. The predicted molar refractivity (Wildman–Crippen MR) is 140 cm³/mol. The molecule has 0 aliphatic carbocycles. The van der Waals surface area contributed by atoms with Gasteiger partial charge in [0.25, 0.3) is 0 Å². The highest BCUT2D eigenvalue weighted by atomic mass is 32.2. The molecule has 0 radical (unpaired) electrons. The molecule has 1 N–H and O–H groups in total. The van der Waals surface area contributed by atoms with E-state index in [1.54, 1.807) is 37.4 Å². The Bertz CT molecular complexity index is 1430. The number of hydrogen-bond donors (Lipinski definition) is 1. The Morgan fingerprint density at radius 1 is 1.00 bits per heavy atom. The summed E-state index contributed by atoms with van der Waals surface area (Å²) in [6.45, 7) is 3.70. The average Bonchev–Trinajstić information content (AvgIpc) is 3.29. The fourth-order valence-electron chi connectivity index (χ4n) is 3.95. The van der Waals surface area contributed by atoms with Gasteiger partial charge in [0.05, 0.1) is 17.6 Å². The second kappa shape index (κ2) is 10.7. The van der Waals surface area contributed by atoms with Crippen molar-refractivity contribution in [2.75, 3.05) is 10.6 Å². The number of hydrogen-bond acceptors (Lipinski definition) is 5. The molecule has 1 atom stereocenters. The summed E-state index contributed by atoms with van der Waals surface area (Å²) in [4.78, 5) is 17.4. The van der Waals surface area contributed by atoms with Gasteiger partial charge in [0.1, 0.15) is 23.4 Å². The molecule has 4 aromatic rings. The first-order chi connectivity index (χ1) is 17.2. The van der Waals surface area contributed by atoms with E-state index in [0.29, 0.717) is 17.2 Å². The van der Waals surface area contributed by atoms with Crippen LogP contribution in [-0.4, -0.2) is 36.2 Å². The predicted octanol–water partition coefficient (Wildman–Crippen LogP) is 4.44. The molecule has 0 bridgehead atoms. The molecule has 0 fully saturated rings. The molecule has 8 nitrogen and oxygen atoms in total. The van der Waals surface area contributed by atoms with E-state index in [-0.39, 0.29) is 6.54 Å². The second-order valence-electron chi connectivity index (χ2n) is 8.33. The summed E-state index contributed by atoms with van der Waals surface area (Å²) in [6, 6.07) is 22.6. The van der Waals surface area contributed by atoms with E-state index in [9.17, 15) is 13.2 Å². The molecular weight excluding hydrogens is 476 g/mol. The van der Waals surface area contributed by atoms with Crippen molar-refractivity contribution in [2.45, 2.75) is 26.4 Å². The van der Waals surface area contributed by atoms with Crippen molar-refractivity contribution in [3.8, 4) is 17.2 Å². The van der Waals surface area contributed by atoms with Crippen LogP contribution in [-0.2, 0) is 21.4 Å². The van der Waals surface area contributed by atoms with Gasteiger partial charge in [-0.3, -0.25) is 9.10 Å². The lowest BCUT2D eigenvalue weighted by atomic mass is 10.1. The highest BCUT2D eigenvalue weighted by Gasteiger charge is 2.29. The summed E-state index contributed by atoms with van der Waals surface area (Å²) < 4.78 is 34.2. The molecule has 0 aliphatic rings. The highest BCUT2D eigenvalue weighted by Crippen LogP contribution is 2.27. The number of carbonyl (C=O) groups is 1. The van der Waals surface area contributed by atoms with Crippen molar-refractivity contribution in [3.63, 3.8) is 0 Å². The van der Waals surface area contributed by atoms with Gasteiger partial charge in [0, 0.05) is 18.9 Å².